The molecule has 2 nitrogen and oxygen atoms in total. The highest BCUT2D eigenvalue weighted by atomic mass is 14.9. The lowest BCUT2D eigenvalue weighted by molar-refractivity contribution is 0.169. The van der Waals surface area contributed by atoms with Crippen molar-refractivity contribution in [2.24, 2.45) is 11.1 Å². The maximum atomic E-state index is 5.50. The second-order valence-corrected chi connectivity index (χ2v) is 5.22. The highest BCUT2D eigenvalue weighted by Crippen LogP contribution is 2.48. The van der Waals surface area contributed by atoms with Gasteiger partial charge in [-0.05, 0) is 43.9 Å². The zero-order valence-corrected chi connectivity index (χ0v) is 9.23. The lowest BCUT2D eigenvalue weighted by atomic mass is 9.71. The Labute approximate surface area is 87.6 Å². The smallest absolute Gasteiger partial charge is 0.00770 e. The zero-order chi connectivity index (χ0) is 9.86. The van der Waals surface area contributed by atoms with E-state index in [1.165, 1.54) is 51.4 Å². The van der Waals surface area contributed by atoms with Crippen LogP contribution >= 0.6 is 0 Å². The third-order valence-electron chi connectivity index (χ3n) is 4.29. The zero-order valence-electron chi connectivity index (χ0n) is 9.23. The van der Waals surface area contributed by atoms with E-state index in [0.717, 1.165) is 24.5 Å². The minimum absolute atomic E-state index is 0.768. The van der Waals surface area contributed by atoms with E-state index in [0.29, 0.717) is 0 Å². The van der Waals surface area contributed by atoms with Gasteiger partial charge in [0.1, 0.15) is 0 Å². The van der Waals surface area contributed by atoms with Crippen LogP contribution in [-0.2, 0) is 0 Å². The number of hydrogen-bond acceptors (Lipinski definition) is 2. The molecule has 2 rings (SSSR count). The molecule has 3 N–H and O–H groups in total. The van der Waals surface area contributed by atoms with Crippen LogP contribution in [-0.4, -0.2) is 19.1 Å². The van der Waals surface area contributed by atoms with Gasteiger partial charge in [-0.25, -0.2) is 0 Å². The lowest BCUT2D eigenvalue weighted by Gasteiger charge is -2.37. The molecular weight excluding hydrogens is 172 g/mol. The predicted molar refractivity (Wildman–Crippen MR) is 60.2 cm³/mol. The van der Waals surface area contributed by atoms with E-state index in [2.05, 4.69) is 5.32 Å². The van der Waals surface area contributed by atoms with Crippen LogP contribution in [0.4, 0.5) is 0 Å². The molecule has 14 heavy (non-hydrogen) atoms. The predicted octanol–water partition coefficient (Wildman–Crippen LogP) is 2.04. The summed E-state index contributed by atoms with van der Waals surface area (Å²) in [4.78, 5) is 0. The molecule has 0 saturated heterocycles. The average molecular weight is 196 g/mol. The van der Waals surface area contributed by atoms with Gasteiger partial charge >= 0.3 is 0 Å². The van der Waals surface area contributed by atoms with E-state index >= 15 is 0 Å². The normalized spacial score (nSPS) is 27.2. The molecule has 82 valence electrons. The summed E-state index contributed by atoms with van der Waals surface area (Å²) in [6, 6.07) is 0.768. The van der Waals surface area contributed by atoms with Crippen LogP contribution in [0.15, 0.2) is 0 Å². The summed E-state index contributed by atoms with van der Waals surface area (Å²) in [6.45, 7) is 1.78. The summed E-state index contributed by atoms with van der Waals surface area (Å²) in [5, 5.41) is 3.55. The van der Waals surface area contributed by atoms with Gasteiger partial charge in [-0.3, -0.25) is 0 Å². The van der Waals surface area contributed by atoms with Crippen molar-refractivity contribution in [1.29, 1.82) is 0 Å². The summed E-state index contributed by atoms with van der Waals surface area (Å²) in [6.07, 6.45) is 11.7. The summed E-state index contributed by atoms with van der Waals surface area (Å²) >= 11 is 0. The molecule has 2 aliphatic carbocycles. The van der Waals surface area contributed by atoms with Gasteiger partial charge in [0, 0.05) is 19.1 Å². The van der Waals surface area contributed by atoms with Crippen molar-refractivity contribution < 1.29 is 0 Å². The number of nitrogens with one attached hydrogen (secondary N) is 1. The maximum Gasteiger partial charge on any atom is 0.00770 e. The topological polar surface area (TPSA) is 38.0 Å². The minimum atomic E-state index is 0.768. The number of hydrogen-bond donors (Lipinski definition) is 2. The molecule has 2 aliphatic rings. The van der Waals surface area contributed by atoms with Gasteiger partial charge in [-0.2, -0.15) is 0 Å². The third-order valence-corrected chi connectivity index (χ3v) is 4.29. The lowest BCUT2D eigenvalue weighted by Crippen LogP contribution is -2.38. The van der Waals surface area contributed by atoms with Crippen molar-refractivity contribution in [3.05, 3.63) is 0 Å². The van der Waals surface area contributed by atoms with Crippen LogP contribution in [0.5, 0.6) is 0 Å². The molecule has 2 heteroatoms. The van der Waals surface area contributed by atoms with Crippen molar-refractivity contribution in [3.8, 4) is 0 Å². The van der Waals surface area contributed by atoms with Crippen molar-refractivity contribution in [3.63, 3.8) is 0 Å². The summed E-state index contributed by atoms with van der Waals surface area (Å²) in [7, 11) is 0. The fourth-order valence-corrected chi connectivity index (χ4v) is 3.35. The minimum Gasteiger partial charge on any atom is -0.329 e. The fraction of sp³-hybridized carbons (Fsp3) is 1.00. The molecule has 2 fully saturated rings. The van der Waals surface area contributed by atoms with Gasteiger partial charge in [-0.1, -0.05) is 12.8 Å². The fourth-order valence-electron chi connectivity index (χ4n) is 3.35. The first-order valence-corrected chi connectivity index (χ1v) is 6.28. The van der Waals surface area contributed by atoms with E-state index in [1.807, 2.05) is 0 Å². The van der Waals surface area contributed by atoms with Crippen LogP contribution in [0.2, 0.25) is 0 Å². The molecule has 0 amide bonds. The monoisotopic (exact) mass is 196 g/mol. The average Bonchev–Trinajstić information content (AvgIpc) is 2.66. The SMILES string of the molecule is NCCNC1CCC2(CCCC2)CC1. The molecule has 1 spiro atoms. The highest BCUT2D eigenvalue weighted by molar-refractivity contribution is 4.91. The standard InChI is InChI=1S/C12H24N2/c13-9-10-14-11-3-7-12(8-4-11)5-1-2-6-12/h11,14H,1-10,13H2. The Balaban J connectivity index is 1.74. The second kappa shape index (κ2) is 4.63. The molecule has 0 aromatic heterocycles. The van der Waals surface area contributed by atoms with Crippen LogP contribution in [0.3, 0.4) is 0 Å². The van der Waals surface area contributed by atoms with Crippen molar-refractivity contribution in [2.75, 3.05) is 13.1 Å². The first-order chi connectivity index (χ1) is 6.85. The van der Waals surface area contributed by atoms with Gasteiger partial charge in [0.15, 0.2) is 0 Å². The third kappa shape index (κ3) is 2.29. The van der Waals surface area contributed by atoms with E-state index in [4.69, 9.17) is 5.73 Å². The van der Waals surface area contributed by atoms with Gasteiger partial charge in [0.05, 0.1) is 0 Å². The Morgan fingerprint density at radius 2 is 1.71 bits per heavy atom. The molecule has 0 heterocycles. The number of rotatable bonds is 3. The van der Waals surface area contributed by atoms with E-state index in [-0.39, 0.29) is 0 Å². The summed E-state index contributed by atoms with van der Waals surface area (Å²) in [5.74, 6) is 0. The van der Waals surface area contributed by atoms with Crippen LogP contribution < -0.4 is 11.1 Å². The molecule has 0 radical (unpaired) electrons. The Bertz CT molecular complexity index is 163. The molecule has 0 aliphatic heterocycles. The maximum absolute atomic E-state index is 5.50. The van der Waals surface area contributed by atoms with Crippen molar-refractivity contribution in [2.45, 2.75) is 57.4 Å². The quantitative estimate of drug-likeness (QED) is 0.725. The van der Waals surface area contributed by atoms with Crippen molar-refractivity contribution >= 4 is 0 Å². The molecule has 0 aromatic carbocycles. The molecule has 0 aromatic rings. The number of nitrogens with two attached hydrogens (primary N) is 1. The first-order valence-electron chi connectivity index (χ1n) is 6.28. The molecular formula is C12H24N2. The Morgan fingerprint density at radius 3 is 2.29 bits per heavy atom. The largest absolute Gasteiger partial charge is 0.329 e. The van der Waals surface area contributed by atoms with Crippen LogP contribution in [0.1, 0.15) is 51.4 Å². The molecule has 0 bridgehead atoms. The van der Waals surface area contributed by atoms with Gasteiger partial charge < -0.3 is 11.1 Å². The highest BCUT2D eigenvalue weighted by Gasteiger charge is 2.37. The first kappa shape index (κ1) is 10.4. The Hall–Kier alpha value is -0.0800. The van der Waals surface area contributed by atoms with Gasteiger partial charge in [-0.15, -0.1) is 0 Å². The second-order valence-electron chi connectivity index (χ2n) is 5.22. The van der Waals surface area contributed by atoms with E-state index < -0.39 is 0 Å². The Kier molecular flexibility index (Phi) is 3.45. The molecule has 0 atom stereocenters. The van der Waals surface area contributed by atoms with Crippen LogP contribution in [0, 0.1) is 5.41 Å². The molecule has 2 saturated carbocycles. The Morgan fingerprint density at radius 1 is 1.07 bits per heavy atom. The molecule has 0 unspecified atom stereocenters. The van der Waals surface area contributed by atoms with E-state index in [9.17, 15) is 0 Å². The summed E-state index contributed by atoms with van der Waals surface area (Å²) in [5.41, 5.74) is 6.28. The van der Waals surface area contributed by atoms with Crippen molar-refractivity contribution in [1.82, 2.24) is 5.32 Å². The van der Waals surface area contributed by atoms with Crippen LogP contribution in [0.25, 0.3) is 0 Å². The summed E-state index contributed by atoms with van der Waals surface area (Å²) < 4.78 is 0. The van der Waals surface area contributed by atoms with E-state index in [1.54, 1.807) is 0 Å². The van der Waals surface area contributed by atoms with Gasteiger partial charge in [0.2, 0.25) is 0 Å². The van der Waals surface area contributed by atoms with Gasteiger partial charge in [0.25, 0.3) is 0 Å².